The van der Waals surface area contributed by atoms with Gasteiger partial charge in [0.2, 0.25) is 0 Å². The summed E-state index contributed by atoms with van der Waals surface area (Å²) in [5, 5.41) is 28.6. The Hall–Kier alpha value is -2.30. The molecule has 2 N–H and O–H groups in total. The molecule has 0 spiro atoms. The number of fused-ring (bicyclic) bond motifs is 1. The lowest BCUT2D eigenvalue weighted by Gasteiger charge is -2.34. The van der Waals surface area contributed by atoms with Gasteiger partial charge in [-0.15, -0.1) is 11.3 Å². The van der Waals surface area contributed by atoms with Crippen LogP contribution in [0.4, 0.5) is 0 Å². The number of esters is 1. The number of carbonyl (C=O) groups excluding carboxylic acids is 2. The molecule has 0 aliphatic carbocycles. The average Bonchev–Trinajstić information content (AvgIpc) is 3.19. The zero-order chi connectivity index (χ0) is 29.8. The van der Waals surface area contributed by atoms with Crippen molar-refractivity contribution in [1.29, 1.82) is 0 Å². The zero-order valence-corrected chi connectivity index (χ0v) is 25.6. The minimum absolute atomic E-state index is 0.0923. The molecule has 11 heteroatoms. The second-order valence-electron chi connectivity index (χ2n) is 12.4. The Morgan fingerprint density at radius 2 is 2.02 bits per heavy atom. The van der Waals surface area contributed by atoms with Gasteiger partial charge in [-0.1, -0.05) is 39.2 Å². The number of aliphatic hydroxyl groups excluding tert-OH is 2. The van der Waals surface area contributed by atoms with Crippen molar-refractivity contribution in [2.45, 2.75) is 110 Å². The highest BCUT2D eigenvalue weighted by molar-refractivity contribution is 7.09. The van der Waals surface area contributed by atoms with Crippen molar-refractivity contribution in [2.75, 3.05) is 13.1 Å². The summed E-state index contributed by atoms with van der Waals surface area (Å²) in [5.74, 6) is -1.66. The number of hydrogen-bond donors (Lipinski definition) is 2. The maximum Gasteiger partial charge on any atom is 0.309 e. The molecule has 40 heavy (non-hydrogen) atoms. The quantitative estimate of drug-likeness (QED) is 0.164. The van der Waals surface area contributed by atoms with E-state index in [1.807, 2.05) is 32.2 Å². The van der Waals surface area contributed by atoms with Gasteiger partial charge in [0.15, 0.2) is 0 Å². The molecule has 0 bridgehead atoms. The van der Waals surface area contributed by atoms with Crippen LogP contribution in [0.1, 0.15) is 84.3 Å². The maximum atomic E-state index is 13.4. The van der Waals surface area contributed by atoms with Gasteiger partial charge in [0.25, 0.3) is 0 Å². The number of azide groups is 1. The third-order valence-corrected chi connectivity index (χ3v) is 9.89. The fourth-order valence-electron chi connectivity index (χ4n) is 6.15. The standard InChI is InChI=1S/C29H45N5O5S/c1-17-9-8-10-29(7)23(34(29)12-11-31-33-30)14-22(18(2)13-21-16-40-20(4)32-21)39-25(36)15-24(35)28(5,6)27(38)19(3)26(17)37/h13,16-17,19,22-24,26,35,37H,8-12,14-15H2,1-7H3/b18-13+/t17-,19+,22-,23-,24-,26-,29+,34?/m0/s1. The summed E-state index contributed by atoms with van der Waals surface area (Å²) in [6.45, 7) is 13.9. The predicted molar refractivity (Wildman–Crippen MR) is 156 cm³/mol. The van der Waals surface area contributed by atoms with Crippen LogP contribution in [0.25, 0.3) is 16.5 Å². The number of Topliss-reactive ketones (excluding diaryl/α,β-unsaturated/α-hetero) is 1. The molecule has 3 heterocycles. The Bertz CT molecular complexity index is 1150. The summed E-state index contributed by atoms with van der Waals surface area (Å²) in [6, 6.07) is 0.0923. The molecule has 0 aromatic carbocycles. The number of aromatic nitrogens is 1. The topological polar surface area (TPSA) is 148 Å². The van der Waals surface area contributed by atoms with Crippen molar-refractivity contribution in [1.82, 2.24) is 9.88 Å². The van der Waals surface area contributed by atoms with E-state index in [4.69, 9.17) is 10.3 Å². The molecule has 0 radical (unpaired) electrons. The minimum Gasteiger partial charge on any atom is -0.458 e. The summed E-state index contributed by atoms with van der Waals surface area (Å²) in [7, 11) is 0. The molecule has 2 fully saturated rings. The van der Waals surface area contributed by atoms with E-state index in [2.05, 4.69) is 26.8 Å². The van der Waals surface area contributed by atoms with Crippen molar-refractivity contribution in [3.8, 4) is 0 Å². The third-order valence-electron chi connectivity index (χ3n) is 9.10. The van der Waals surface area contributed by atoms with Gasteiger partial charge in [0, 0.05) is 47.3 Å². The SMILES string of the molecule is C/C(=C\c1csc(C)n1)[C@@H]1C[C@@H]2N(CCN=[N+]=[N-])[C@]2(C)CCC[C@H](C)[C@H](O)[C@@H](C)C(=O)C(C)(C)[C@@H](O)CC(=O)O1. The molecule has 3 rings (SSSR count). The van der Waals surface area contributed by atoms with Crippen molar-refractivity contribution in [2.24, 2.45) is 22.4 Å². The first-order valence-electron chi connectivity index (χ1n) is 14.2. The van der Waals surface area contributed by atoms with Crippen LogP contribution in [0.3, 0.4) is 0 Å². The Balaban J connectivity index is 1.94. The van der Waals surface area contributed by atoms with E-state index >= 15 is 0 Å². The van der Waals surface area contributed by atoms with Crippen LogP contribution in [0, 0.1) is 24.2 Å². The lowest BCUT2D eigenvalue weighted by molar-refractivity contribution is -0.154. The van der Waals surface area contributed by atoms with Gasteiger partial charge in [-0.2, -0.15) is 0 Å². The van der Waals surface area contributed by atoms with Gasteiger partial charge < -0.3 is 14.9 Å². The van der Waals surface area contributed by atoms with E-state index in [1.54, 1.807) is 32.1 Å². The second-order valence-corrected chi connectivity index (χ2v) is 13.4. The summed E-state index contributed by atoms with van der Waals surface area (Å²) in [6.07, 6.45) is 1.91. The number of ketones is 1. The normalized spacial score (nSPS) is 35.8. The summed E-state index contributed by atoms with van der Waals surface area (Å²) in [4.78, 5) is 36.3. The van der Waals surface area contributed by atoms with Crippen LogP contribution in [0.2, 0.25) is 0 Å². The molecular weight excluding hydrogens is 530 g/mol. The number of cyclic esters (lactones) is 1. The molecule has 8 atom stereocenters. The van der Waals surface area contributed by atoms with Crippen LogP contribution >= 0.6 is 11.3 Å². The molecule has 1 aromatic heterocycles. The van der Waals surface area contributed by atoms with E-state index in [9.17, 15) is 19.8 Å². The highest BCUT2D eigenvalue weighted by Gasteiger charge is 2.58. The zero-order valence-electron chi connectivity index (χ0n) is 24.8. The van der Waals surface area contributed by atoms with E-state index in [-0.39, 0.29) is 29.7 Å². The molecule has 222 valence electrons. The minimum atomic E-state index is -1.26. The van der Waals surface area contributed by atoms with Crippen LogP contribution < -0.4 is 0 Å². The van der Waals surface area contributed by atoms with Gasteiger partial charge in [-0.25, -0.2) is 4.98 Å². The van der Waals surface area contributed by atoms with E-state index in [0.717, 1.165) is 35.5 Å². The summed E-state index contributed by atoms with van der Waals surface area (Å²) >= 11 is 1.55. The molecule has 2 aliphatic rings. The lowest BCUT2D eigenvalue weighted by Crippen LogP contribution is -2.45. The molecule has 2 aliphatic heterocycles. The third kappa shape index (κ3) is 7.31. The van der Waals surface area contributed by atoms with Crippen molar-refractivity contribution in [3.63, 3.8) is 0 Å². The number of rotatable bonds is 5. The van der Waals surface area contributed by atoms with Gasteiger partial charge in [0.1, 0.15) is 11.9 Å². The Morgan fingerprint density at radius 1 is 1.32 bits per heavy atom. The Kier molecular flexibility index (Phi) is 10.6. The first kappa shape index (κ1) is 32.2. The molecule has 10 nitrogen and oxygen atoms in total. The van der Waals surface area contributed by atoms with E-state index < -0.39 is 35.6 Å². The van der Waals surface area contributed by atoms with Crippen molar-refractivity contribution in [3.05, 3.63) is 32.1 Å². The average molecular weight is 576 g/mol. The Labute approximate surface area is 241 Å². The molecule has 0 amide bonds. The largest absolute Gasteiger partial charge is 0.458 e. The van der Waals surface area contributed by atoms with Crippen molar-refractivity contribution >= 4 is 29.2 Å². The number of thiazole rings is 1. The first-order chi connectivity index (χ1) is 18.7. The lowest BCUT2D eigenvalue weighted by atomic mass is 9.73. The number of nitrogens with zero attached hydrogens (tertiary/aromatic N) is 5. The summed E-state index contributed by atoms with van der Waals surface area (Å²) in [5.41, 5.74) is 9.02. The fraction of sp³-hybridized carbons (Fsp3) is 0.759. The molecule has 1 aromatic rings. The summed E-state index contributed by atoms with van der Waals surface area (Å²) < 4.78 is 6.01. The number of hydrogen-bond acceptors (Lipinski definition) is 9. The van der Waals surface area contributed by atoms with Gasteiger partial charge in [-0.3, -0.25) is 14.5 Å². The molecule has 0 saturated carbocycles. The number of ether oxygens (including phenoxy) is 1. The van der Waals surface area contributed by atoms with E-state index in [1.165, 1.54) is 0 Å². The molecular formula is C29H45N5O5S. The van der Waals surface area contributed by atoms with Gasteiger partial charge >= 0.3 is 5.97 Å². The van der Waals surface area contributed by atoms with Crippen molar-refractivity contribution < 1.29 is 24.5 Å². The number of aryl methyl sites for hydroxylation is 1. The van der Waals surface area contributed by atoms with E-state index in [0.29, 0.717) is 19.5 Å². The van der Waals surface area contributed by atoms with Gasteiger partial charge in [0.05, 0.1) is 34.7 Å². The smallest absolute Gasteiger partial charge is 0.309 e. The van der Waals surface area contributed by atoms with Gasteiger partial charge in [-0.05, 0) is 56.7 Å². The monoisotopic (exact) mass is 575 g/mol. The van der Waals surface area contributed by atoms with Crippen LogP contribution in [-0.4, -0.2) is 74.8 Å². The molecule has 2 saturated heterocycles. The second kappa shape index (κ2) is 13.1. The fourth-order valence-corrected chi connectivity index (χ4v) is 6.72. The predicted octanol–water partition coefficient (Wildman–Crippen LogP) is 5.07. The number of aliphatic hydroxyl groups is 2. The highest BCUT2D eigenvalue weighted by Crippen LogP contribution is 2.48. The number of carbonyl (C=O) groups is 2. The van der Waals surface area contributed by atoms with Crippen LogP contribution in [0.15, 0.2) is 16.1 Å². The highest BCUT2D eigenvalue weighted by atomic mass is 32.1. The first-order valence-corrected chi connectivity index (χ1v) is 15.1. The molecule has 1 unspecified atom stereocenters. The van der Waals surface area contributed by atoms with Crippen LogP contribution in [-0.2, 0) is 14.3 Å². The van der Waals surface area contributed by atoms with Crippen LogP contribution in [0.5, 0.6) is 0 Å². The Morgan fingerprint density at radius 3 is 2.65 bits per heavy atom. The maximum absolute atomic E-state index is 13.4.